The predicted molar refractivity (Wildman–Crippen MR) is 437 cm³/mol. The van der Waals surface area contributed by atoms with Crippen LogP contribution in [0.15, 0.2) is 175 Å². The number of esters is 4. The molecular formula is C85H99BrF4INaO22S6. The van der Waals surface area contributed by atoms with Crippen molar-refractivity contribution in [2.45, 2.75) is 207 Å². The van der Waals surface area contributed by atoms with Crippen molar-refractivity contribution in [1.29, 1.82) is 0 Å². The van der Waals surface area contributed by atoms with Gasteiger partial charge in [-0.15, -0.1) is 7.77 Å². The van der Waals surface area contributed by atoms with Gasteiger partial charge in [0.05, 0.1) is 32.3 Å². The van der Waals surface area contributed by atoms with Crippen LogP contribution in [0.25, 0.3) is 0 Å². The Morgan fingerprint density at radius 2 is 0.692 bits per heavy atom. The number of hydrogen-bond acceptors (Lipinski definition) is 22. The molecule has 0 aromatic heterocycles. The molecule has 2 heterocycles. The van der Waals surface area contributed by atoms with Gasteiger partial charge in [-0.1, -0.05) is 95.4 Å². The Labute approximate surface area is 753 Å². The molecule has 2 saturated heterocycles. The minimum atomic E-state index is -5.42. The Morgan fingerprint density at radius 3 is 0.933 bits per heavy atom. The summed E-state index contributed by atoms with van der Waals surface area (Å²) in [5, 5.41) is -0.884. The van der Waals surface area contributed by atoms with E-state index in [1.807, 2.05) is 4.93 Å². The summed E-state index contributed by atoms with van der Waals surface area (Å²) in [6.45, 7) is 10.3. The number of alkyl halides is 3. The fourth-order valence-corrected chi connectivity index (χ4v) is 29.7. The maximum absolute atomic E-state index is 13.0. The van der Waals surface area contributed by atoms with E-state index in [2.05, 4.69) is 210 Å². The van der Waals surface area contributed by atoms with Crippen LogP contribution in [0.3, 0.4) is 0 Å². The molecule has 12 aliphatic carbocycles. The molecule has 0 spiro atoms. The Balaban J connectivity index is 0.000000168. The first kappa shape index (κ1) is 97.3. The van der Waals surface area contributed by atoms with Gasteiger partial charge in [0.1, 0.15) is 47.1 Å². The van der Waals surface area contributed by atoms with E-state index in [-0.39, 0.29) is 128 Å². The number of aryl methyl sites for hydroxylation is 4. The van der Waals surface area contributed by atoms with Crippen LogP contribution in [-0.2, 0) is 110 Å². The maximum Gasteiger partial charge on any atom is 1.00 e. The predicted octanol–water partition coefficient (Wildman–Crippen LogP) is 8.97. The summed E-state index contributed by atoms with van der Waals surface area (Å²) in [6.07, 6.45) is 12.6. The summed E-state index contributed by atoms with van der Waals surface area (Å²) < 4.78 is 185. The summed E-state index contributed by atoms with van der Waals surface area (Å²) in [4.78, 5) is 57.4. The average molecular weight is 1970 g/mol. The molecular weight excluding hydrogens is 1870 g/mol. The van der Waals surface area contributed by atoms with Crippen LogP contribution in [-0.4, -0.2) is 144 Å². The van der Waals surface area contributed by atoms with E-state index in [1.54, 1.807) is 0 Å². The van der Waals surface area contributed by atoms with Crippen molar-refractivity contribution in [3.05, 3.63) is 168 Å². The van der Waals surface area contributed by atoms with E-state index in [0.29, 0.717) is 49.4 Å². The molecule has 0 N–H and O–H groups in total. The average Bonchev–Trinajstić information content (AvgIpc) is 1.44. The maximum atomic E-state index is 13.0. The molecule has 6 aromatic rings. The van der Waals surface area contributed by atoms with Crippen LogP contribution in [0.5, 0.6) is 11.5 Å². The molecule has 12 bridgehead atoms. The zero-order chi connectivity index (χ0) is 85.1. The van der Waals surface area contributed by atoms with E-state index in [1.165, 1.54) is 93.6 Å². The van der Waals surface area contributed by atoms with E-state index >= 15 is 0 Å². The van der Waals surface area contributed by atoms with E-state index in [4.69, 9.17) is 62.7 Å². The number of rotatable bonds is 18. The van der Waals surface area contributed by atoms with Gasteiger partial charge in [-0.05, 0) is 254 Å². The number of benzene rings is 6. The Bertz CT molecular complexity index is 4550. The molecule has 14 aliphatic rings. The van der Waals surface area contributed by atoms with Crippen molar-refractivity contribution in [3.8, 4) is 11.5 Å². The minimum absolute atomic E-state index is 0. The van der Waals surface area contributed by atoms with Crippen LogP contribution in [0, 0.1) is 98.7 Å². The zero-order valence-corrected chi connectivity index (χ0v) is 78.3. The van der Waals surface area contributed by atoms with Crippen molar-refractivity contribution in [2.24, 2.45) is 71.0 Å². The van der Waals surface area contributed by atoms with Crippen molar-refractivity contribution < 1.29 is 162 Å². The molecule has 0 radical (unpaired) electrons. The second-order valence-corrected chi connectivity index (χ2v) is 42.3. The van der Waals surface area contributed by atoms with Gasteiger partial charge in [-0.2, -0.15) is 16.8 Å². The third kappa shape index (κ3) is 22.9. The molecule has 10 unspecified atom stereocenters. The fraction of sp³-hybridized carbons (Fsp3) is 0.529. The summed E-state index contributed by atoms with van der Waals surface area (Å²) in [6, 6.07) is 51.5. The fourth-order valence-electron chi connectivity index (χ4n) is 21.4. The number of hydrogen-bond donors (Lipinski definition) is 0. The third-order valence-corrected chi connectivity index (χ3v) is 33.6. The van der Waals surface area contributed by atoms with Gasteiger partial charge in [-0.3, -0.25) is 8.37 Å². The second kappa shape index (κ2) is 40.8. The Kier molecular flexibility index (Phi) is 33.1. The zero-order valence-electron chi connectivity index (χ0n) is 67.7. The first-order valence-corrected chi connectivity index (χ1v) is 49.7. The molecule has 120 heavy (non-hydrogen) atoms. The third-order valence-electron chi connectivity index (χ3n) is 25.7. The minimum Gasteiger partial charge on any atom is -1.00 e. The van der Waals surface area contributed by atoms with Gasteiger partial charge in [0.15, 0.2) is 55.9 Å². The number of halogens is 6. The SMILES string of the molecule is CI.Cc1cc([S+](c2ccccc2)c2ccccc2)cc(C)c1OCC(=O)OC1(C)C2CC3CC(C2)CC1C3.Cc1cc([S+](c2ccccc2)c2ccccc2)cc(C)c1OCC(=O)OC1(C)C2CC3CC(C2)CC1C3.O=C(CF)OC1C2CC3C1OS(=O)(=O)C3C2.O=C(CF)OC1C2CC3C1OS(=O)(=O)C3C2.O=S(=O)([O-])F.O=S(=O)([O-])F.[Br-].[Na+]. The second-order valence-electron chi connectivity index (χ2n) is 33.1. The summed E-state index contributed by atoms with van der Waals surface area (Å²) in [5.74, 6) is 4.58. The first-order valence-electron chi connectivity index (χ1n) is 39.5. The van der Waals surface area contributed by atoms with Gasteiger partial charge in [0.25, 0.3) is 41.2 Å². The number of carbonyl (C=O) groups is 4. The number of carbonyl (C=O) groups excluding carboxylic acids is 4. The van der Waals surface area contributed by atoms with E-state index < -0.39 is 101 Å². The van der Waals surface area contributed by atoms with Gasteiger partial charge < -0.3 is 54.5 Å². The quantitative estimate of drug-likeness (QED) is 0.00740. The molecule has 6 aromatic carbocycles. The molecule has 2 aliphatic heterocycles. The smallest absolute Gasteiger partial charge is 1.00 e. The van der Waals surface area contributed by atoms with Crippen LogP contribution in [0.2, 0.25) is 0 Å². The van der Waals surface area contributed by atoms with Crippen molar-refractivity contribution >= 4 is 110 Å². The van der Waals surface area contributed by atoms with Crippen LogP contribution in [0.4, 0.5) is 16.6 Å². The van der Waals surface area contributed by atoms with Crippen LogP contribution in [0.1, 0.15) is 126 Å². The largest absolute Gasteiger partial charge is 1.00 e. The molecule has 20 rings (SSSR count). The van der Waals surface area contributed by atoms with Crippen molar-refractivity contribution in [3.63, 3.8) is 0 Å². The number of fused-ring (bicyclic) bond motifs is 2. The Morgan fingerprint density at radius 1 is 0.442 bits per heavy atom. The topological polar surface area (TPSA) is 325 Å². The van der Waals surface area contributed by atoms with Gasteiger partial charge in [0.2, 0.25) is 0 Å². The summed E-state index contributed by atoms with van der Waals surface area (Å²) >= 11 is 2.15. The summed E-state index contributed by atoms with van der Waals surface area (Å²) in [7, 11) is -18.2. The molecule has 12 saturated carbocycles. The molecule has 10 atom stereocenters. The van der Waals surface area contributed by atoms with Gasteiger partial charge in [0, 0.05) is 47.9 Å². The number of ether oxygens (including phenoxy) is 6. The van der Waals surface area contributed by atoms with E-state index in [9.17, 15) is 52.6 Å². The van der Waals surface area contributed by atoms with Crippen molar-refractivity contribution in [2.75, 3.05) is 31.5 Å². The Hall–Kier alpha value is -4.93. The van der Waals surface area contributed by atoms with Gasteiger partial charge >= 0.3 is 53.4 Å². The van der Waals surface area contributed by atoms with Gasteiger partial charge in [-0.25, -0.2) is 44.8 Å². The normalized spacial score (nSPS) is 30.8. The molecule has 650 valence electrons. The molecule has 35 heteroatoms. The van der Waals surface area contributed by atoms with E-state index in [0.717, 1.165) is 57.4 Å². The molecule has 14 fully saturated rings. The molecule has 22 nitrogen and oxygen atoms in total. The standard InChI is InChI=1S/2C33H37O3S.2C9H11FO5S.CH3I.BrH.2FHO3S.Na/c2*1-22-14-30(37(28-10-6-4-7-11-28)29-12-8-5-9-13-29)15-23(2)32(22)35-21-31(34)36-33(3)26-17-24-16-25(19-26)20-27(33)18-24;2*10-3-7(11)14-8-4-1-5-6(2-4)16(12,13)15-9(5)8;1-2;;2*1-5(2,3)4;/h2*4-15,24-27H,16-21H2,1-3H3;2*4-6,8-9H,1-3H2;1H3;1H;2*(H,2,3,4);/q2*+1;;;;;;;+1/p-3. The summed E-state index contributed by atoms with van der Waals surface area (Å²) in [5.41, 5.74) is 3.56. The monoisotopic (exact) mass is 1970 g/mol. The van der Waals surface area contributed by atoms with Crippen LogP contribution < -0.4 is 56.0 Å². The van der Waals surface area contributed by atoms with Crippen molar-refractivity contribution in [1.82, 2.24) is 0 Å². The first-order chi connectivity index (χ1) is 55.9. The van der Waals surface area contributed by atoms with Crippen LogP contribution >= 0.6 is 22.6 Å². The molecule has 0 amide bonds.